The van der Waals surface area contributed by atoms with Crippen molar-refractivity contribution in [2.45, 2.75) is 51.7 Å². The van der Waals surface area contributed by atoms with Crippen LogP contribution in [0.4, 0.5) is 10.1 Å². The van der Waals surface area contributed by atoms with Crippen molar-refractivity contribution in [3.05, 3.63) is 83.2 Å². The minimum absolute atomic E-state index is 0.0211. The van der Waals surface area contributed by atoms with Crippen LogP contribution >= 0.6 is 0 Å². The van der Waals surface area contributed by atoms with E-state index in [0.29, 0.717) is 43.4 Å². The highest BCUT2D eigenvalue weighted by Gasteiger charge is 2.58. The number of benzene rings is 3. The van der Waals surface area contributed by atoms with Gasteiger partial charge in [-0.1, -0.05) is 30.3 Å². The Hall–Kier alpha value is -3.54. The van der Waals surface area contributed by atoms with Gasteiger partial charge in [-0.05, 0) is 63.1 Å². The lowest BCUT2D eigenvalue weighted by atomic mass is 9.67. The first-order chi connectivity index (χ1) is 16.8. The maximum absolute atomic E-state index is 14.5. The Morgan fingerprint density at radius 1 is 0.943 bits per heavy atom. The molecule has 0 N–H and O–H groups in total. The Balaban J connectivity index is 1.70. The van der Waals surface area contributed by atoms with Crippen LogP contribution in [0.2, 0.25) is 0 Å². The SMILES string of the molecule is CCOc1cc2c(cc1OCC)C1(CC(C)(C)O2)C(=O)N(Cc2ccc(F)cc2)c2ccccc21. The first kappa shape index (κ1) is 23.2. The second kappa shape index (κ2) is 8.59. The van der Waals surface area contributed by atoms with Gasteiger partial charge in [0.05, 0.1) is 19.8 Å². The second-order valence-electron chi connectivity index (χ2n) is 9.64. The molecule has 0 saturated heterocycles. The Morgan fingerprint density at radius 2 is 1.60 bits per heavy atom. The summed E-state index contributed by atoms with van der Waals surface area (Å²) in [5.41, 5.74) is 1.90. The van der Waals surface area contributed by atoms with Gasteiger partial charge in [0.25, 0.3) is 0 Å². The molecule has 0 fully saturated rings. The molecule has 0 saturated carbocycles. The summed E-state index contributed by atoms with van der Waals surface area (Å²) >= 11 is 0. The molecule has 5 rings (SSSR count). The van der Waals surface area contributed by atoms with Gasteiger partial charge >= 0.3 is 0 Å². The molecule has 0 aliphatic carbocycles. The minimum atomic E-state index is -0.940. The molecule has 1 unspecified atom stereocenters. The van der Waals surface area contributed by atoms with Crippen molar-refractivity contribution >= 4 is 11.6 Å². The third-order valence-corrected chi connectivity index (χ3v) is 6.70. The van der Waals surface area contributed by atoms with Gasteiger partial charge in [0.2, 0.25) is 5.91 Å². The van der Waals surface area contributed by atoms with Crippen molar-refractivity contribution in [1.29, 1.82) is 0 Å². The normalized spacial score (nSPS) is 19.8. The average Bonchev–Trinajstić information content (AvgIpc) is 3.04. The summed E-state index contributed by atoms with van der Waals surface area (Å²) in [5.74, 6) is 1.50. The summed E-state index contributed by atoms with van der Waals surface area (Å²) in [5, 5.41) is 0. The van der Waals surface area contributed by atoms with Crippen LogP contribution < -0.4 is 19.1 Å². The topological polar surface area (TPSA) is 48.0 Å². The third kappa shape index (κ3) is 3.81. The molecule has 1 amide bonds. The van der Waals surface area contributed by atoms with Crippen LogP contribution in [0.5, 0.6) is 17.2 Å². The zero-order valence-electron chi connectivity index (χ0n) is 20.6. The molecular formula is C29H30FNO4. The van der Waals surface area contributed by atoms with Crippen LogP contribution in [0.3, 0.4) is 0 Å². The molecular weight excluding hydrogens is 445 g/mol. The van der Waals surface area contributed by atoms with E-state index in [4.69, 9.17) is 14.2 Å². The summed E-state index contributed by atoms with van der Waals surface area (Å²) in [6, 6.07) is 18.0. The minimum Gasteiger partial charge on any atom is -0.490 e. The first-order valence-corrected chi connectivity index (χ1v) is 12.1. The molecule has 0 bridgehead atoms. The van der Waals surface area contributed by atoms with Crippen LogP contribution in [-0.2, 0) is 16.8 Å². The summed E-state index contributed by atoms with van der Waals surface area (Å²) in [6.45, 7) is 9.17. The quantitative estimate of drug-likeness (QED) is 0.438. The van der Waals surface area contributed by atoms with Gasteiger partial charge in [-0.3, -0.25) is 4.79 Å². The number of anilines is 1. The number of hydrogen-bond acceptors (Lipinski definition) is 4. The van der Waals surface area contributed by atoms with E-state index in [1.165, 1.54) is 12.1 Å². The lowest BCUT2D eigenvalue weighted by Gasteiger charge is -2.43. The summed E-state index contributed by atoms with van der Waals surface area (Å²) < 4.78 is 31.7. The maximum Gasteiger partial charge on any atom is 0.242 e. The average molecular weight is 476 g/mol. The maximum atomic E-state index is 14.5. The molecule has 1 atom stereocenters. The van der Waals surface area contributed by atoms with Crippen LogP contribution in [0.25, 0.3) is 0 Å². The number of fused-ring (bicyclic) bond motifs is 4. The van der Waals surface area contributed by atoms with Gasteiger partial charge in [-0.2, -0.15) is 0 Å². The highest BCUT2D eigenvalue weighted by atomic mass is 19.1. The van der Waals surface area contributed by atoms with E-state index in [1.807, 2.05) is 69.0 Å². The number of amides is 1. The largest absolute Gasteiger partial charge is 0.490 e. The summed E-state index contributed by atoms with van der Waals surface area (Å²) in [6.07, 6.45) is 0.475. The summed E-state index contributed by atoms with van der Waals surface area (Å²) in [4.78, 5) is 16.3. The molecule has 2 heterocycles. The number of carbonyl (C=O) groups is 1. The van der Waals surface area contributed by atoms with E-state index in [0.717, 1.165) is 22.4 Å². The molecule has 35 heavy (non-hydrogen) atoms. The van der Waals surface area contributed by atoms with E-state index in [1.54, 1.807) is 12.1 Å². The number of rotatable bonds is 6. The first-order valence-electron chi connectivity index (χ1n) is 12.1. The van der Waals surface area contributed by atoms with Crippen molar-refractivity contribution in [2.75, 3.05) is 18.1 Å². The number of nitrogens with zero attached hydrogens (tertiary/aromatic N) is 1. The molecule has 3 aromatic carbocycles. The van der Waals surface area contributed by atoms with Crippen LogP contribution in [0, 0.1) is 5.82 Å². The monoisotopic (exact) mass is 475 g/mol. The number of para-hydroxylation sites is 1. The molecule has 5 nitrogen and oxygen atoms in total. The molecule has 0 radical (unpaired) electrons. The zero-order valence-corrected chi connectivity index (χ0v) is 20.6. The van der Waals surface area contributed by atoms with Gasteiger partial charge in [0.1, 0.15) is 22.6 Å². The van der Waals surface area contributed by atoms with Crippen LogP contribution in [-0.4, -0.2) is 24.7 Å². The smallest absolute Gasteiger partial charge is 0.242 e. The predicted molar refractivity (Wildman–Crippen MR) is 133 cm³/mol. The molecule has 6 heteroatoms. The zero-order chi connectivity index (χ0) is 24.8. The van der Waals surface area contributed by atoms with E-state index in [2.05, 4.69) is 0 Å². The lowest BCUT2D eigenvalue weighted by molar-refractivity contribution is -0.124. The van der Waals surface area contributed by atoms with E-state index in [9.17, 15) is 9.18 Å². The Labute approximate surface area is 205 Å². The number of hydrogen-bond donors (Lipinski definition) is 0. The van der Waals surface area contributed by atoms with Gasteiger partial charge < -0.3 is 19.1 Å². The van der Waals surface area contributed by atoms with Crippen LogP contribution in [0.15, 0.2) is 60.7 Å². The summed E-state index contributed by atoms with van der Waals surface area (Å²) in [7, 11) is 0. The van der Waals surface area contributed by atoms with Gasteiger partial charge in [-0.25, -0.2) is 4.39 Å². The van der Waals surface area contributed by atoms with Gasteiger partial charge in [0.15, 0.2) is 11.5 Å². The molecule has 2 aliphatic heterocycles. The fourth-order valence-electron chi connectivity index (χ4n) is 5.45. The van der Waals surface area contributed by atoms with Crippen molar-refractivity contribution in [2.24, 2.45) is 0 Å². The Bertz CT molecular complexity index is 1270. The van der Waals surface area contributed by atoms with E-state index >= 15 is 0 Å². The second-order valence-corrected chi connectivity index (χ2v) is 9.64. The van der Waals surface area contributed by atoms with Crippen molar-refractivity contribution in [3.8, 4) is 17.2 Å². The van der Waals surface area contributed by atoms with Gasteiger partial charge in [0, 0.05) is 23.7 Å². The van der Waals surface area contributed by atoms with Crippen LogP contribution in [0.1, 0.15) is 50.8 Å². The molecule has 1 spiro atoms. The van der Waals surface area contributed by atoms with Crippen molar-refractivity contribution < 1.29 is 23.4 Å². The third-order valence-electron chi connectivity index (χ3n) is 6.70. The number of ether oxygens (including phenoxy) is 3. The molecule has 0 aromatic heterocycles. The standard InChI is InChI=1S/C29H30FNO4/c1-5-33-25-15-22-24(16-26(25)34-6-2)35-28(3,4)18-29(22)21-9-7-8-10-23(21)31(27(29)32)17-19-11-13-20(30)14-12-19/h7-16H,5-6,17-18H2,1-4H3. The fourth-order valence-corrected chi connectivity index (χ4v) is 5.45. The highest BCUT2D eigenvalue weighted by molar-refractivity contribution is 6.11. The van der Waals surface area contributed by atoms with Crippen molar-refractivity contribution in [3.63, 3.8) is 0 Å². The van der Waals surface area contributed by atoms with Crippen molar-refractivity contribution in [1.82, 2.24) is 0 Å². The highest BCUT2D eigenvalue weighted by Crippen LogP contribution is 2.57. The number of carbonyl (C=O) groups excluding carboxylic acids is 1. The predicted octanol–water partition coefficient (Wildman–Crippen LogP) is 6.02. The number of halogens is 1. The van der Waals surface area contributed by atoms with Gasteiger partial charge in [-0.15, -0.1) is 0 Å². The molecule has 2 aliphatic rings. The molecule has 3 aromatic rings. The lowest BCUT2D eigenvalue weighted by Crippen LogP contribution is -2.50. The molecule has 182 valence electrons. The fraction of sp³-hybridized carbons (Fsp3) is 0.345. The van der Waals surface area contributed by atoms with E-state index in [-0.39, 0.29) is 11.7 Å². The Kier molecular flexibility index (Phi) is 5.70. The Morgan fingerprint density at radius 3 is 2.29 bits per heavy atom. The van der Waals surface area contributed by atoms with E-state index < -0.39 is 11.0 Å².